The summed E-state index contributed by atoms with van der Waals surface area (Å²) in [4.78, 5) is 2.35. The number of hydrogen-bond donors (Lipinski definition) is 0. The van der Waals surface area contributed by atoms with Gasteiger partial charge in [-0.1, -0.05) is 54.5 Å². The maximum absolute atomic E-state index is 2.37. The predicted molar refractivity (Wildman–Crippen MR) is 83.6 cm³/mol. The lowest BCUT2D eigenvalue weighted by molar-refractivity contribution is 0.152. The van der Waals surface area contributed by atoms with Crippen LogP contribution >= 0.6 is 0 Å². The minimum Gasteiger partial charge on any atom is -0.375 e. The molecule has 0 aliphatic carbocycles. The molecule has 0 N–H and O–H groups in total. The van der Waals surface area contributed by atoms with E-state index in [1.807, 2.05) is 0 Å². The van der Waals surface area contributed by atoms with Gasteiger partial charge < -0.3 is 4.90 Å². The van der Waals surface area contributed by atoms with Gasteiger partial charge in [-0.3, -0.25) is 0 Å². The minimum absolute atomic E-state index is 0.207. The van der Waals surface area contributed by atoms with Crippen LogP contribution in [0.3, 0.4) is 0 Å². The molecule has 0 saturated heterocycles. The Labute approximate surface area is 116 Å². The van der Waals surface area contributed by atoms with E-state index in [4.69, 9.17) is 0 Å². The van der Waals surface area contributed by atoms with Crippen molar-refractivity contribution in [2.45, 2.75) is 67.9 Å². The summed E-state index contributed by atoms with van der Waals surface area (Å²) in [5, 5.41) is 0. The molecule has 0 radical (unpaired) electrons. The summed E-state index contributed by atoms with van der Waals surface area (Å²) >= 11 is 0. The molecule has 108 valence electrons. The van der Waals surface area contributed by atoms with E-state index >= 15 is 0 Å². The lowest BCUT2D eigenvalue weighted by atomic mass is 9.71. The lowest BCUT2D eigenvalue weighted by Crippen LogP contribution is -2.42. The summed E-state index contributed by atoms with van der Waals surface area (Å²) < 4.78 is 0. The largest absolute Gasteiger partial charge is 0.375 e. The van der Waals surface area contributed by atoms with Crippen molar-refractivity contribution in [2.24, 2.45) is 23.2 Å². The molecule has 0 bridgehead atoms. The molecule has 0 rings (SSSR count). The van der Waals surface area contributed by atoms with Crippen molar-refractivity contribution in [1.29, 1.82) is 0 Å². The Kier molecular flexibility index (Phi) is 5.97. The molecule has 0 fully saturated rings. The summed E-state index contributed by atoms with van der Waals surface area (Å²) in [6.45, 7) is 20.9. The van der Waals surface area contributed by atoms with Gasteiger partial charge in [-0.25, -0.2) is 0 Å². The Hall–Kier alpha value is -0.460. The fraction of sp³-hybridized carbons (Fsp3) is 0.882. The fourth-order valence-corrected chi connectivity index (χ4v) is 1.63. The maximum Gasteiger partial charge on any atom is 0.0360 e. The van der Waals surface area contributed by atoms with E-state index in [0.29, 0.717) is 23.2 Å². The maximum atomic E-state index is 2.37. The van der Waals surface area contributed by atoms with Crippen LogP contribution in [0.1, 0.15) is 62.3 Å². The predicted octanol–water partition coefficient (Wildman–Crippen LogP) is 5.18. The molecule has 0 heterocycles. The first-order valence-corrected chi connectivity index (χ1v) is 7.35. The van der Waals surface area contributed by atoms with Gasteiger partial charge in [0.25, 0.3) is 0 Å². The highest BCUT2D eigenvalue weighted by atomic mass is 15.1. The van der Waals surface area contributed by atoms with Crippen LogP contribution in [0, 0.1) is 23.2 Å². The van der Waals surface area contributed by atoms with E-state index in [0.717, 1.165) is 0 Å². The first kappa shape index (κ1) is 17.5. The van der Waals surface area contributed by atoms with Crippen LogP contribution in [0.2, 0.25) is 0 Å². The molecule has 0 amide bonds. The van der Waals surface area contributed by atoms with Crippen molar-refractivity contribution < 1.29 is 0 Å². The second-order valence-corrected chi connectivity index (χ2v) is 7.53. The first-order valence-electron chi connectivity index (χ1n) is 7.35. The average molecular weight is 253 g/mol. The molecule has 0 aliphatic rings. The molecular formula is C17H35N. The molecule has 0 aromatic rings. The number of allylic oxidation sites excluding steroid dienone is 1. The van der Waals surface area contributed by atoms with Gasteiger partial charge >= 0.3 is 0 Å². The molecule has 0 saturated carbocycles. The summed E-state index contributed by atoms with van der Waals surface area (Å²) in [7, 11) is 2.19. The SMILES string of the molecule is CC(C)C(C)(C)C(C)/C=C\N(C)C(C)(C)C(C)C. The van der Waals surface area contributed by atoms with Crippen LogP contribution in [-0.4, -0.2) is 17.5 Å². The third kappa shape index (κ3) is 4.03. The van der Waals surface area contributed by atoms with E-state index in [2.05, 4.69) is 86.5 Å². The normalized spacial score (nSPS) is 15.8. The molecular weight excluding hydrogens is 218 g/mol. The standard InChI is InChI=1S/C17H35N/c1-13(2)16(6,7)15(5)11-12-18(10)17(8,9)14(3)4/h11-15H,1-10H3/b12-11-. The zero-order chi connectivity index (χ0) is 14.7. The van der Waals surface area contributed by atoms with Gasteiger partial charge in [0, 0.05) is 12.6 Å². The smallest absolute Gasteiger partial charge is 0.0360 e. The van der Waals surface area contributed by atoms with Crippen molar-refractivity contribution in [3.8, 4) is 0 Å². The van der Waals surface area contributed by atoms with Gasteiger partial charge in [0.1, 0.15) is 0 Å². The molecule has 0 aromatic carbocycles. The topological polar surface area (TPSA) is 3.24 Å². The van der Waals surface area contributed by atoms with Gasteiger partial charge in [0.15, 0.2) is 0 Å². The Morgan fingerprint density at radius 3 is 1.61 bits per heavy atom. The molecule has 1 heteroatoms. The van der Waals surface area contributed by atoms with Crippen molar-refractivity contribution >= 4 is 0 Å². The lowest BCUT2D eigenvalue weighted by Gasteiger charge is -2.40. The van der Waals surface area contributed by atoms with Gasteiger partial charge in [-0.15, -0.1) is 0 Å². The molecule has 0 spiro atoms. The quantitative estimate of drug-likeness (QED) is 0.630. The van der Waals surface area contributed by atoms with E-state index in [-0.39, 0.29) is 5.54 Å². The third-order valence-electron chi connectivity index (χ3n) is 5.58. The molecule has 0 aromatic heterocycles. The van der Waals surface area contributed by atoms with Crippen LogP contribution in [-0.2, 0) is 0 Å². The number of rotatable bonds is 6. The van der Waals surface area contributed by atoms with Crippen molar-refractivity contribution in [3.05, 3.63) is 12.3 Å². The van der Waals surface area contributed by atoms with Crippen LogP contribution in [0.5, 0.6) is 0 Å². The van der Waals surface area contributed by atoms with Crippen LogP contribution < -0.4 is 0 Å². The highest BCUT2D eigenvalue weighted by Gasteiger charge is 2.29. The number of nitrogens with zero attached hydrogens (tertiary/aromatic N) is 1. The Morgan fingerprint density at radius 1 is 0.833 bits per heavy atom. The molecule has 1 nitrogen and oxygen atoms in total. The van der Waals surface area contributed by atoms with Crippen LogP contribution in [0.25, 0.3) is 0 Å². The Balaban J connectivity index is 4.76. The highest BCUT2D eigenvalue weighted by Crippen LogP contribution is 2.35. The molecule has 1 unspecified atom stereocenters. The molecule has 1 atom stereocenters. The van der Waals surface area contributed by atoms with Crippen molar-refractivity contribution in [3.63, 3.8) is 0 Å². The van der Waals surface area contributed by atoms with E-state index in [1.54, 1.807) is 0 Å². The Morgan fingerprint density at radius 2 is 1.28 bits per heavy atom. The minimum atomic E-state index is 0.207. The van der Waals surface area contributed by atoms with Gasteiger partial charge in [-0.05, 0) is 43.2 Å². The summed E-state index contributed by atoms with van der Waals surface area (Å²) in [5.41, 5.74) is 0.553. The molecule has 0 aliphatic heterocycles. The van der Waals surface area contributed by atoms with Crippen LogP contribution in [0.4, 0.5) is 0 Å². The van der Waals surface area contributed by atoms with Crippen LogP contribution in [0.15, 0.2) is 12.3 Å². The van der Waals surface area contributed by atoms with E-state index in [9.17, 15) is 0 Å². The highest BCUT2D eigenvalue weighted by molar-refractivity contribution is 4.97. The second kappa shape index (κ2) is 6.12. The number of hydrogen-bond acceptors (Lipinski definition) is 1. The summed E-state index contributed by atoms with van der Waals surface area (Å²) in [6, 6.07) is 0. The van der Waals surface area contributed by atoms with Gasteiger partial charge in [-0.2, -0.15) is 0 Å². The fourth-order valence-electron chi connectivity index (χ4n) is 1.63. The van der Waals surface area contributed by atoms with E-state index < -0.39 is 0 Å². The first-order chi connectivity index (χ1) is 7.94. The third-order valence-corrected chi connectivity index (χ3v) is 5.58. The summed E-state index contributed by atoms with van der Waals surface area (Å²) in [6.07, 6.45) is 4.64. The molecule has 18 heavy (non-hydrogen) atoms. The Bertz CT molecular complexity index is 243. The van der Waals surface area contributed by atoms with Gasteiger partial charge in [0.05, 0.1) is 0 Å². The summed E-state index contributed by atoms with van der Waals surface area (Å²) in [5.74, 6) is 1.92. The average Bonchev–Trinajstić information content (AvgIpc) is 2.24. The monoisotopic (exact) mass is 253 g/mol. The van der Waals surface area contributed by atoms with Gasteiger partial charge in [0.2, 0.25) is 0 Å². The van der Waals surface area contributed by atoms with E-state index in [1.165, 1.54) is 0 Å². The van der Waals surface area contributed by atoms with Crippen molar-refractivity contribution in [1.82, 2.24) is 4.90 Å². The zero-order valence-corrected chi connectivity index (χ0v) is 14.3. The second-order valence-electron chi connectivity index (χ2n) is 7.53. The zero-order valence-electron chi connectivity index (χ0n) is 14.3. The van der Waals surface area contributed by atoms with Crippen molar-refractivity contribution in [2.75, 3.05) is 7.05 Å².